The first-order valence-corrected chi connectivity index (χ1v) is 7.99. The number of unbranched alkanes of at least 4 members (excludes halogenated alkanes) is 1. The number of esters is 1. The average Bonchev–Trinajstić information content (AvgIpc) is 2.54. The van der Waals surface area contributed by atoms with Crippen LogP contribution in [0.5, 0.6) is 0 Å². The van der Waals surface area contributed by atoms with Crippen LogP contribution in [0.2, 0.25) is 0 Å². The maximum absolute atomic E-state index is 13.1. The zero-order valence-corrected chi connectivity index (χ0v) is 13.9. The van der Waals surface area contributed by atoms with Crippen molar-refractivity contribution in [2.45, 2.75) is 32.6 Å². The number of halogens is 1. The van der Waals surface area contributed by atoms with E-state index in [2.05, 4.69) is 20.4 Å². The van der Waals surface area contributed by atoms with Crippen molar-refractivity contribution in [1.82, 2.24) is 10.6 Å². The van der Waals surface area contributed by atoms with Crippen molar-refractivity contribution in [2.75, 3.05) is 26.7 Å². The Morgan fingerprint density at radius 2 is 2.13 bits per heavy atom. The molecule has 1 aromatic carbocycles. The third-order valence-corrected chi connectivity index (χ3v) is 3.23. The first-order chi connectivity index (χ1) is 11.2. The van der Waals surface area contributed by atoms with E-state index >= 15 is 0 Å². The number of nitrogens with zero attached hydrogens (tertiary/aromatic N) is 1. The molecule has 0 aromatic heterocycles. The lowest BCUT2D eigenvalue weighted by molar-refractivity contribution is -0.140. The monoisotopic (exact) mass is 323 g/mol. The van der Waals surface area contributed by atoms with Crippen LogP contribution in [-0.4, -0.2) is 38.7 Å². The molecule has 0 unspecified atom stereocenters. The number of ether oxygens (including phenoxy) is 1. The Bertz CT molecular complexity index is 506. The topological polar surface area (TPSA) is 62.7 Å². The fraction of sp³-hybridized carbons (Fsp3) is 0.529. The summed E-state index contributed by atoms with van der Waals surface area (Å²) in [6.07, 6.45) is 2.74. The summed E-state index contributed by atoms with van der Waals surface area (Å²) in [5.74, 6) is 0.338. The average molecular weight is 323 g/mol. The van der Waals surface area contributed by atoms with Crippen LogP contribution in [0, 0.1) is 5.82 Å². The molecule has 1 aromatic rings. The molecule has 23 heavy (non-hydrogen) atoms. The molecule has 128 valence electrons. The normalized spacial score (nSPS) is 11.2. The maximum Gasteiger partial charge on any atom is 0.305 e. The molecule has 0 saturated heterocycles. The minimum atomic E-state index is -0.214. The van der Waals surface area contributed by atoms with E-state index in [0.29, 0.717) is 19.5 Å². The van der Waals surface area contributed by atoms with E-state index in [1.165, 1.54) is 13.2 Å². The molecule has 1 rings (SSSR count). The van der Waals surface area contributed by atoms with E-state index in [0.717, 1.165) is 37.3 Å². The quantitative estimate of drug-likeness (QED) is 0.317. The fourth-order valence-corrected chi connectivity index (χ4v) is 2.03. The van der Waals surface area contributed by atoms with Crippen molar-refractivity contribution < 1.29 is 13.9 Å². The van der Waals surface area contributed by atoms with Gasteiger partial charge in [-0.25, -0.2) is 4.39 Å². The van der Waals surface area contributed by atoms with Crippen molar-refractivity contribution in [2.24, 2.45) is 4.99 Å². The Morgan fingerprint density at radius 1 is 1.30 bits per heavy atom. The number of aliphatic imine (C=N–C) groups is 1. The van der Waals surface area contributed by atoms with Crippen molar-refractivity contribution in [3.63, 3.8) is 0 Å². The highest BCUT2D eigenvalue weighted by atomic mass is 19.1. The van der Waals surface area contributed by atoms with Crippen LogP contribution in [-0.2, 0) is 16.0 Å². The summed E-state index contributed by atoms with van der Waals surface area (Å²) in [7, 11) is 1.40. The summed E-state index contributed by atoms with van der Waals surface area (Å²) in [5, 5.41) is 6.39. The number of carbonyl (C=O) groups is 1. The molecule has 5 nitrogen and oxygen atoms in total. The third kappa shape index (κ3) is 8.80. The molecule has 0 saturated carbocycles. The van der Waals surface area contributed by atoms with Gasteiger partial charge in [0.15, 0.2) is 5.96 Å². The predicted molar refractivity (Wildman–Crippen MR) is 90.0 cm³/mol. The van der Waals surface area contributed by atoms with Crippen LogP contribution in [0.3, 0.4) is 0 Å². The van der Waals surface area contributed by atoms with Gasteiger partial charge in [0.05, 0.1) is 7.11 Å². The van der Waals surface area contributed by atoms with Gasteiger partial charge in [0, 0.05) is 26.1 Å². The maximum atomic E-state index is 13.1. The molecule has 0 aliphatic heterocycles. The molecule has 2 N–H and O–H groups in total. The van der Waals surface area contributed by atoms with Gasteiger partial charge in [0.1, 0.15) is 5.82 Å². The molecule has 0 atom stereocenters. The van der Waals surface area contributed by atoms with Gasteiger partial charge < -0.3 is 15.4 Å². The van der Waals surface area contributed by atoms with Gasteiger partial charge in [0.25, 0.3) is 0 Å². The second-order valence-corrected chi connectivity index (χ2v) is 5.10. The Balaban J connectivity index is 2.30. The van der Waals surface area contributed by atoms with Crippen LogP contribution in [0.15, 0.2) is 29.3 Å². The number of hydrogen-bond donors (Lipinski definition) is 2. The highest BCUT2D eigenvalue weighted by Crippen LogP contribution is 2.03. The van der Waals surface area contributed by atoms with Crippen LogP contribution in [0.1, 0.15) is 31.7 Å². The Labute approximate surface area is 137 Å². The van der Waals surface area contributed by atoms with Gasteiger partial charge in [-0.05, 0) is 43.9 Å². The van der Waals surface area contributed by atoms with Gasteiger partial charge in [-0.15, -0.1) is 0 Å². The van der Waals surface area contributed by atoms with Gasteiger partial charge in [-0.3, -0.25) is 9.79 Å². The summed E-state index contributed by atoms with van der Waals surface area (Å²) in [6, 6.07) is 6.60. The minimum absolute atomic E-state index is 0.186. The van der Waals surface area contributed by atoms with E-state index in [1.807, 2.05) is 13.0 Å². The molecular weight excluding hydrogens is 297 g/mol. The summed E-state index contributed by atoms with van der Waals surface area (Å²) in [6.45, 7) is 4.10. The number of carbonyl (C=O) groups excluding carboxylic acids is 1. The van der Waals surface area contributed by atoms with Crippen LogP contribution < -0.4 is 10.6 Å². The Hall–Kier alpha value is -2.11. The minimum Gasteiger partial charge on any atom is -0.469 e. The summed E-state index contributed by atoms with van der Waals surface area (Å²) < 4.78 is 17.7. The van der Waals surface area contributed by atoms with E-state index in [4.69, 9.17) is 0 Å². The molecule has 0 heterocycles. The van der Waals surface area contributed by atoms with Crippen molar-refractivity contribution >= 4 is 11.9 Å². The van der Waals surface area contributed by atoms with Gasteiger partial charge >= 0.3 is 5.97 Å². The first kappa shape index (κ1) is 18.9. The Morgan fingerprint density at radius 3 is 2.83 bits per heavy atom. The highest BCUT2D eigenvalue weighted by molar-refractivity contribution is 5.79. The summed E-state index contributed by atoms with van der Waals surface area (Å²) >= 11 is 0. The lowest BCUT2D eigenvalue weighted by Crippen LogP contribution is -2.38. The first-order valence-electron chi connectivity index (χ1n) is 7.99. The lowest BCUT2D eigenvalue weighted by atomic mass is 10.1. The number of benzene rings is 1. The van der Waals surface area contributed by atoms with E-state index < -0.39 is 0 Å². The van der Waals surface area contributed by atoms with Gasteiger partial charge in [-0.1, -0.05) is 12.1 Å². The van der Waals surface area contributed by atoms with Crippen molar-refractivity contribution in [1.29, 1.82) is 0 Å². The van der Waals surface area contributed by atoms with E-state index in [9.17, 15) is 9.18 Å². The second-order valence-electron chi connectivity index (χ2n) is 5.10. The SMILES string of the molecule is CCNC(=NCCCCC(=O)OC)NCCc1cccc(F)c1. The van der Waals surface area contributed by atoms with Crippen LogP contribution in [0.4, 0.5) is 4.39 Å². The number of guanidine groups is 1. The second kappa shape index (κ2) is 11.5. The number of methoxy groups -OCH3 is 1. The standard InChI is InChI=1S/C17H26FN3O2/c1-3-19-17(20-11-5-4-9-16(22)23-2)21-12-10-14-7-6-8-15(18)13-14/h6-8,13H,3-5,9-12H2,1-2H3,(H2,19,20,21). The molecule has 0 radical (unpaired) electrons. The molecular formula is C17H26FN3O2. The number of nitrogens with one attached hydrogen (secondary N) is 2. The van der Waals surface area contributed by atoms with Crippen LogP contribution in [0.25, 0.3) is 0 Å². The zero-order chi connectivity index (χ0) is 16.9. The predicted octanol–water partition coefficient (Wildman–Crippen LogP) is 2.27. The van der Waals surface area contributed by atoms with Crippen LogP contribution >= 0.6 is 0 Å². The largest absolute Gasteiger partial charge is 0.469 e. The zero-order valence-electron chi connectivity index (χ0n) is 13.9. The smallest absolute Gasteiger partial charge is 0.305 e. The molecule has 0 amide bonds. The summed E-state index contributed by atoms with van der Waals surface area (Å²) in [5.41, 5.74) is 0.950. The van der Waals surface area contributed by atoms with E-state index in [-0.39, 0.29) is 11.8 Å². The molecule has 0 fully saturated rings. The molecule has 0 aliphatic rings. The van der Waals surface area contributed by atoms with Gasteiger partial charge in [0.2, 0.25) is 0 Å². The van der Waals surface area contributed by atoms with E-state index in [1.54, 1.807) is 12.1 Å². The lowest BCUT2D eigenvalue weighted by Gasteiger charge is -2.11. The molecule has 6 heteroatoms. The van der Waals surface area contributed by atoms with Crippen molar-refractivity contribution in [3.05, 3.63) is 35.6 Å². The number of rotatable bonds is 9. The molecule has 0 aliphatic carbocycles. The Kier molecular flexibility index (Phi) is 9.43. The molecule has 0 spiro atoms. The third-order valence-electron chi connectivity index (χ3n) is 3.23. The number of hydrogen-bond acceptors (Lipinski definition) is 3. The highest BCUT2D eigenvalue weighted by Gasteiger charge is 2.01. The van der Waals surface area contributed by atoms with Crippen molar-refractivity contribution in [3.8, 4) is 0 Å². The van der Waals surface area contributed by atoms with Gasteiger partial charge in [-0.2, -0.15) is 0 Å². The molecule has 0 bridgehead atoms. The summed E-state index contributed by atoms with van der Waals surface area (Å²) in [4.78, 5) is 15.5. The fourth-order valence-electron chi connectivity index (χ4n) is 2.03.